The van der Waals surface area contributed by atoms with E-state index in [1.165, 1.54) is 0 Å². The number of benzene rings is 1. The Balaban J connectivity index is 2.55. The average molecular weight is 180 g/mol. The fourth-order valence-corrected chi connectivity index (χ4v) is 1.11. The molecule has 1 atom stereocenters. The van der Waals surface area contributed by atoms with Crippen LogP contribution in [0.2, 0.25) is 0 Å². The Hall–Kier alpha value is -1.39. The van der Waals surface area contributed by atoms with Crippen LogP contribution in [0.4, 0.5) is 0 Å². The van der Waals surface area contributed by atoms with Gasteiger partial charge in [-0.15, -0.1) is 0 Å². The van der Waals surface area contributed by atoms with Crippen molar-refractivity contribution in [3.8, 4) is 0 Å². The highest BCUT2D eigenvalue weighted by atomic mass is 16.2. The Kier molecular flexibility index (Phi) is 3.42. The fraction of sp³-hybridized carbons (Fsp3) is 0.222. The summed E-state index contributed by atoms with van der Waals surface area (Å²) in [4.78, 5) is 11.0. The van der Waals surface area contributed by atoms with Crippen LogP contribution >= 0.6 is 0 Å². The van der Waals surface area contributed by atoms with Crippen LogP contribution in [0.1, 0.15) is 5.56 Å². The number of hydrazine groups is 1. The van der Waals surface area contributed by atoms with E-state index < -0.39 is 0 Å². The van der Waals surface area contributed by atoms with Crippen LogP contribution in [-0.4, -0.2) is 11.9 Å². The smallest absolute Gasteiger partial charge is 0.292 e. The van der Waals surface area contributed by atoms with Gasteiger partial charge in [0.2, 0.25) is 0 Å². The minimum Gasteiger partial charge on any atom is -0.347 e. The molecule has 1 amide bonds. The van der Waals surface area contributed by atoms with E-state index in [1.807, 2.05) is 30.3 Å². The second kappa shape index (κ2) is 4.59. The molecular formula is C9H14N3O+. The molecule has 1 aromatic rings. The summed E-state index contributed by atoms with van der Waals surface area (Å²) in [5, 5.41) is 0. The van der Waals surface area contributed by atoms with Crippen LogP contribution < -0.4 is 17.0 Å². The van der Waals surface area contributed by atoms with E-state index in [9.17, 15) is 4.79 Å². The molecule has 6 N–H and O–H groups in total. The number of quaternary nitrogens is 1. The van der Waals surface area contributed by atoms with Crippen molar-refractivity contribution in [2.45, 2.75) is 12.5 Å². The SMILES string of the molecule is NNC(=O)[C@H]([NH3+])Cc1ccccc1. The van der Waals surface area contributed by atoms with E-state index in [4.69, 9.17) is 5.84 Å². The summed E-state index contributed by atoms with van der Waals surface area (Å²) in [5.74, 6) is 4.75. The summed E-state index contributed by atoms with van der Waals surface area (Å²) in [6.07, 6.45) is 0.615. The Morgan fingerprint density at radius 2 is 2.08 bits per heavy atom. The molecule has 0 aliphatic heterocycles. The monoisotopic (exact) mass is 180 g/mol. The first-order valence-corrected chi connectivity index (χ1v) is 4.11. The molecule has 13 heavy (non-hydrogen) atoms. The molecule has 1 aromatic carbocycles. The predicted molar refractivity (Wildman–Crippen MR) is 49.2 cm³/mol. The molecule has 0 aliphatic carbocycles. The number of amides is 1. The summed E-state index contributed by atoms with van der Waals surface area (Å²) < 4.78 is 0. The van der Waals surface area contributed by atoms with Gasteiger partial charge in [0.1, 0.15) is 0 Å². The highest BCUT2D eigenvalue weighted by Gasteiger charge is 2.15. The maximum absolute atomic E-state index is 11.0. The largest absolute Gasteiger partial charge is 0.347 e. The van der Waals surface area contributed by atoms with Gasteiger partial charge in [-0.25, -0.2) is 5.84 Å². The zero-order valence-corrected chi connectivity index (χ0v) is 7.36. The zero-order chi connectivity index (χ0) is 9.68. The van der Waals surface area contributed by atoms with Crippen molar-refractivity contribution in [2.75, 3.05) is 0 Å². The van der Waals surface area contributed by atoms with E-state index in [0.29, 0.717) is 6.42 Å². The molecule has 0 bridgehead atoms. The van der Waals surface area contributed by atoms with Crippen LogP contribution in [0, 0.1) is 0 Å². The average Bonchev–Trinajstić information content (AvgIpc) is 2.18. The van der Waals surface area contributed by atoms with Gasteiger partial charge in [0, 0.05) is 6.42 Å². The zero-order valence-electron chi connectivity index (χ0n) is 7.36. The van der Waals surface area contributed by atoms with Crippen LogP contribution in [0.5, 0.6) is 0 Å². The molecule has 0 unspecified atom stereocenters. The third kappa shape index (κ3) is 2.85. The Bertz CT molecular complexity index is 273. The van der Waals surface area contributed by atoms with Gasteiger partial charge >= 0.3 is 0 Å². The Morgan fingerprint density at radius 3 is 2.62 bits per heavy atom. The minimum absolute atomic E-state index is 0.233. The molecule has 0 spiro atoms. The molecule has 0 aliphatic rings. The lowest BCUT2D eigenvalue weighted by molar-refractivity contribution is -0.403. The number of nitrogens with one attached hydrogen (secondary N) is 1. The second-order valence-electron chi connectivity index (χ2n) is 2.90. The maximum atomic E-state index is 11.0. The molecule has 0 saturated carbocycles. The quantitative estimate of drug-likeness (QED) is 0.311. The van der Waals surface area contributed by atoms with Gasteiger partial charge in [0.15, 0.2) is 6.04 Å². The molecule has 1 rings (SSSR count). The molecule has 0 fully saturated rings. The van der Waals surface area contributed by atoms with Crippen molar-refractivity contribution in [2.24, 2.45) is 5.84 Å². The van der Waals surface area contributed by atoms with Gasteiger partial charge in [-0.2, -0.15) is 0 Å². The van der Waals surface area contributed by atoms with Crippen LogP contribution in [0.15, 0.2) is 30.3 Å². The number of hydrogen-bond donors (Lipinski definition) is 3. The van der Waals surface area contributed by atoms with Crippen molar-refractivity contribution in [3.63, 3.8) is 0 Å². The fourth-order valence-electron chi connectivity index (χ4n) is 1.11. The summed E-state index contributed by atoms with van der Waals surface area (Å²) in [6.45, 7) is 0. The van der Waals surface area contributed by atoms with E-state index >= 15 is 0 Å². The van der Waals surface area contributed by atoms with Crippen molar-refractivity contribution in [1.82, 2.24) is 5.43 Å². The molecule has 70 valence electrons. The lowest BCUT2D eigenvalue weighted by atomic mass is 10.1. The molecule has 0 heterocycles. The number of rotatable bonds is 3. The normalized spacial score (nSPS) is 12.2. The van der Waals surface area contributed by atoms with E-state index in [-0.39, 0.29) is 11.9 Å². The number of nitrogens with two attached hydrogens (primary N) is 1. The first kappa shape index (κ1) is 9.70. The van der Waals surface area contributed by atoms with E-state index in [2.05, 4.69) is 11.2 Å². The minimum atomic E-state index is -0.326. The number of carbonyl (C=O) groups is 1. The molecule has 4 nitrogen and oxygen atoms in total. The van der Waals surface area contributed by atoms with Gasteiger partial charge in [-0.05, 0) is 5.56 Å². The van der Waals surface area contributed by atoms with Crippen molar-refractivity contribution >= 4 is 5.91 Å². The van der Waals surface area contributed by atoms with Gasteiger partial charge < -0.3 is 5.73 Å². The van der Waals surface area contributed by atoms with E-state index in [0.717, 1.165) is 5.56 Å². The van der Waals surface area contributed by atoms with Crippen LogP contribution in [0.25, 0.3) is 0 Å². The Labute approximate surface area is 76.9 Å². The predicted octanol–water partition coefficient (Wildman–Crippen LogP) is -1.17. The lowest BCUT2D eigenvalue weighted by Crippen LogP contribution is -2.69. The van der Waals surface area contributed by atoms with Crippen molar-refractivity contribution in [1.29, 1.82) is 0 Å². The number of hydrogen-bond acceptors (Lipinski definition) is 2. The molecular weight excluding hydrogens is 166 g/mol. The highest BCUT2D eigenvalue weighted by Crippen LogP contribution is 2.00. The van der Waals surface area contributed by atoms with E-state index in [1.54, 1.807) is 0 Å². The topological polar surface area (TPSA) is 82.8 Å². The standard InChI is InChI=1S/C9H13N3O/c10-8(9(13)12-11)6-7-4-2-1-3-5-7/h1-5,8H,6,10-11H2,(H,12,13)/p+1/t8-/m1/s1. The third-order valence-electron chi connectivity index (χ3n) is 1.84. The first-order chi connectivity index (χ1) is 6.24. The lowest BCUT2D eigenvalue weighted by Gasteiger charge is -2.05. The van der Waals surface area contributed by atoms with Crippen LogP contribution in [-0.2, 0) is 11.2 Å². The molecule has 0 aromatic heterocycles. The van der Waals surface area contributed by atoms with Gasteiger partial charge in [-0.1, -0.05) is 30.3 Å². The number of carbonyl (C=O) groups excluding carboxylic acids is 1. The summed E-state index contributed by atoms with van der Waals surface area (Å²) in [7, 11) is 0. The summed E-state index contributed by atoms with van der Waals surface area (Å²) >= 11 is 0. The highest BCUT2D eigenvalue weighted by molar-refractivity contribution is 5.79. The van der Waals surface area contributed by atoms with Crippen molar-refractivity contribution in [3.05, 3.63) is 35.9 Å². The second-order valence-corrected chi connectivity index (χ2v) is 2.90. The van der Waals surface area contributed by atoms with Gasteiger partial charge in [0.05, 0.1) is 0 Å². The first-order valence-electron chi connectivity index (χ1n) is 4.11. The maximum Gasteiger partial charge on any atom is 0.292 e. The molecule has 0 saturated heterocycles. The van der Waals surface area contributed by atoms with Crippen LogP contribution in [0.3, 0.4) is 0 Å². The molecule has 0 radical (unpaired) electrons. The molecule has 4 heteroatoms. The van der Waals surface area contributed by atoms with Crippen molar-refractivity contribution < 1.29 is 10.5 Å². The summed E-state index contributed by atoms with van der Waals surface area (Å²) in [6, 6.07) is 9.40. The van der Waals surface area contributed by atoms with Gasteiger partial charge in [0.25, 0.3) is 5.91 Å². The van der Waals surface area contributed by atoms with Gasteiger partial charge in [-0.3, -0.25) is 10.2 Å². The third-order valence-corrected chi connectivity index (χ3v) is 1.84. The summed E-state index contributed by atoms with van der Waals surface area (Å²) in [5.41, 5.74) is 6.88. The Morgan fingerprint density at radius 1 is 1.46 bits per heavy atom.